The largest absolute Gasteiger partial charge is 0.369 e. The lowest BCUT2D eigenvalue weighted by atomic mass is 10.1. The average molecular weight is 334 g/mol. The number of nitrogens with one attached hydrogen (secondary N) is 2. The molecular weight excluding hydrogens is 316 g/mol. The molecule has 0 aliphatic rings. The summed E-state index contributed by atoms with van der Waals surface area (Å²) in [6.45, 7) is 1.94. The molecule has 2 aromatic carbocycles. The second kappa shape index (κ2) is 7.53. The Hall–Kier alpha value is -3.28. The Labute approximate surface area is 145 Å². The van der Waals surface area contributed by atoms with Crippen molar-refractivity contribution >= 4 is 34.1 Å². The quantitative estimate of drug-likeness (QED) is 0.676. The van der Waals surface area contributed by atoms with Crippen molar-refractivity contribution in [2.75, 3.05) is 17.2 Å². The van der Waals surface area contributed by atoms with Gasteiger partial charge in [-0.15, -0.1) is 0 Å². The molecule has 0 bridgehead atoms. The maximum Gasteiger partial charge on any atom is 0.226 e. The van der Waals surface area contributed by atoms with Crippen LogP contribution in [-0.4, -0.2) is 28.2 Å². The summed E-state index contributed by atoms with van der Waals surface area (Å²) in [5.74, 6) is 0.539. The Balaban J connectivity index is 1.57. The Bertz CT molecular complexity index is 919. The van der Waals surface area contributed by atoms with Crippen LogP contribution in [0.2, 0.25) is 0 Å². The molecule has 6 heteroatoms. The number of aromatic nitrogens is 2. The van der Waals surface area contributed by atoms with Gasteiger partial charge in [-0.3, -0.25) is 9.59 Å². The fourth-order valence-electron chi connectivity index (χ4n) is 2.48. The molecule has 25 heavy (non-hydrogen) atoms. The van der Waals surface area contributed by atoms with E-state index in [9.17, 15) is 9.59 Å². The predicted octanol–water partition coefficient (Wildman–Crippen LogP) is 3.27. The van der Waals surface area contributed by atoms with Crippen molar-refractivity contribution in [3.63, 3.8) is 0 Å². The summed E-state index contributed by atoms with van der Waals surface area (Å²) < 4.78 is 0. The monoisotopic (exact) mass is 334 g/mol. The van der Waals surface area contributed by atoms with E-state index in [2.05, 4.69) is 20.6 Å². The number of Topliss-reactive ketones (excluding diaryl/α,β-unsaturated/α-hetero) is 1. The van der Waals surface area contributed by atoms with Crippen LogP contribution in [0, 0.1) is 0 Å². The van der Waals surface area contributed by atoms with Gasteiger partial charge in [0.2, 0.25) is 5.91 Å². The second-order valence-electron chi connectivity index (χ2n) is 5.60. The fraction of sp³-hybridized carbons (Fsp3) is 0.158. The van der Waals surface area contributed by atoms with E-state index in [1.807, 2.05) is 24.3 Å². The van der Waals surface area contributed by atoms with E-state index in [0.717, 1.165) is 10.9 Å². The standard InChI is InChI=1S/C19H18N4O2/c1-13(24)14-5-4-6-15(11-14)23-18(25)9-10-20-19-16-7-2-3-8-17(16)21-12-22-19/h2-8,11-12H,9-10H2,1H3,(H,23,25)(H,20,21,22). The number of hydrogen-bond acceptors (Lipinski definition) is 5. The summed E-state index contributed by atoms with van der Waals surface area (Å²) in [6, 6.07) is 14.6. The molecule has 126 valence electrons. The predicted molar refractivity (Wildman–Crippen MR) is 97.7 cm³/mol. The zero-order chi connectivity index (χ0) is 17.6. The molecule has 1 amide bonds. The van der Waals surface area contributed by atoms with Gasteiger partial charge in [-0.2, -0.15) is 0 Å². The van der Waals surface area contributed by atoms with Crippen LogP contribution in [0.25, 0.3) is 10.9 Å². The van der Waals surface area contributed by atoms with Gasteiger partial charge in [0, 0.05) is 29.6 Å². The van der Waals surface area contributed by atoms with E-state index in [1.165, 1.54) is 13.3 Å². The Morgan fingerprint density at radius 3 is 2.72 bits per heavy atom. The normalized spacial score (nSPS) is 10.4. The van der Waals surface area contributed by atoms with Crippen LogP contribution in [0.5, 0.6) is 0 Å². The van der Waals surface area contributed by atoms with E-state index in [4.69, 9.17) is 0 Å². The van der Waals surface area contributed by atoms with Gasteiger partial charge in [-0.05, 0) is 31.2 Å². The number of rotatable bonds is 6. The van der Waals surface area contributed by atoms with E-state index in [1.54, 1.807) is 24.3 Å². The van der Waals surface area contributed by atoms with Crippen LogP contribution < -0.4 is 10.6 Å². The number of amides is 1. The molecule has 6 nitrogen and oxygen atoms in total. The van der Waals surface area contributed by atoms with Crippen LogP contribution in [0.3, 0.4) is 0 Å². The van der Waals surface area contributed by atoms with Crippen molar-refractivity contribution in [3.8, 4) is 0 Å². The highest BCUT2D eigenvalue weighted by Gasteiger charge is 2.06. The molecule has 0 fully saturated rings. The highest BCUT2D eigenvalue weighted by Crippen LogP contribution is 2.18. The number of anilines is 2. The number of ketones is 1. The minimum Gasteiger partial charge on any atom is -0.369 e. The first kappa shape index (κ1) is 16.6. The van der Waals surface area contributed by atoms with Crippen LogP contribution in [0.15, 0.2) is 54.9 Å². The summed E-state index contributed by atoms with van der Waals surface area (Å²) in [6.07, 6.45) is 1.78. The molecule has 0 spiro atoms. The number of fused-ring (bicyclic) bond motifs is 1. The third kappa shape index (κ3) is 4.17. The van der Waals surface area contributed by atoms with Crippen molar-refractivity contribution in [3.05, 3.63) is 60.4 Å². The van der Waals surface area contributed by atoms with Gasteiger partial charge >= 0.3 is 0 Å². The number of benzene rings is 2. The van der Waals surface area contributed by atoms with E-state index < -0.39 is 0 Å². The molecular formula is C19H18N4O2. The number of carbonyl (C=O) groups excluding carboxylic acids is 2. The van der Waals surface area contributed by atoms with Crippen LogP contribution in [-0.2, 0) is 4.79 Å². The maximum absolute atomic E-state index is 12.1. The Morgan fingerprint density at radius 2 is 1.88 bits per heavy atom. The van der Waals surface area contributed by atoms with Gasteiger partial charge in [0.05, 0.1) is 5.52 Å². The van der Waals surface area contributed by atoms with E-state index in [-0.39, 0.29) is 18.1 Å². The number of hydrogen-bond donors (Lipinski definition) is 2. The Kier molecular flexibility index (Phi) is 4.99. The zero-order valence-corrected chi connectivity index (χ0v) is 13.8. The number of nitrogens with zero attached hydrogens (tertiary/aromatic N) is 2. The van der Waals surface area contributed by atoms with Crippen molar-refractivity contribution < 1.29 is 9.59 Å². The highest BCUT2D eigenvalue weighted by molar-refractivity contribution is 5.97. The van der Waals surface area contributed by atoms with Crippen molar-refractivity contribution in [2.45, 2.75) is 13.3 Å². The summed E-state index contributed by atoms with van der Waals surface area (Å²) in [5.41, 5.74) is 2.04. The highest BCUT2D eigenvalue weighted by atomic mass is 16.1. The lowest BCUT2D eigenvalue weighted by Gasteiger charge is -2.09. The van der Waals surface area contributed by atoms with Gasteiger partial charge in [0.1, 0.15) is 12.1 Å². The lowest BCUT2D eigenvalue weighted by Crippen LogP contribution is -2.17. The molecule has 3 aromatic rings. The first-order chi connectivity index (χ1) is 12.1. The average Bonchev–Trinajstić information content (AvgIpc) is 2.62. The third-order valence-corrected chi connectivity index (χ3v) is 3.74. The zero-order valence-electron chi connectivity index (χ0n) is 13.8. The van der Waals surface area contributed by atoms with Crippen molar-refractivity contribution in [1.29, 1.82) is 0 Å². The molecule has 1 heterocycles. The summed E-state index contributed by atoms with van der Waals surface area (Å²) in [4.78, 5) is 31.9. The molecule has 0 aliphatic heterocycles. The molecule has 0 aliphatic carbocycles. The lowest BCUT2D eigenvalue weighted by molar-refractivity contribution is -0.115. The summed E-state index contributed by atoms with van der Waals surface area (Å²) >= 11 is 0. The van der Waals surface area contributed by atoms with Gasteiger partial charge in [0.15, 0.2) is 5.78 Å². The SMILES string of the molecule is CC(=O)c1cccc(NC(=O)CCNc2ncnc3ccccc23)c1. The van der Waals surface area contributed by atoms with E-state index in [0.29, 0.717) is 23.6 Å². The van der Waals surface area contributed by atoms with Crippen molar-refractivity contribution in [1.82, 2.24) is 9.97 Å². The molecule has 3 rings (SSSR count). The molecule has 0 radical (unpaired) electrons. The number of carbonyl (C=O) groups is 2. The first-order valence-corrected chi connectivity index (χ1v) is 7.98. The smallest absolute Gasteiger partial charge is 0.226 e. The fourth-order valence-corrected chi connectivity index (χ4v) is 2.48. The van der Waals surface area contributed by atoms with Crippen LogP contribution in [0.1, 0.15) is 23.7 Å². The molecule has 2 N–H and O–H groups in total. The first-order valence-electron chi connectivity index (χ1n) is 7.98. The van der Waals surface area contributed by atoms with Gasteiger partial charge in [-0.25, -0.2) is 9.97 Å². The minimum atomic E-state index is -0.133. The topological polar surface area (TPSA) is 84.0 Å². The third-order valence-electron chi connectivity index (χ3n) is 3.74. The molecule has 0 unspecified atom stereocenters. The van der Waals surface area contributed by atoms with Gasteiger partial charge < -0.3 is 10.6 Å². The second-order valence-corrected chi connectivity index (χ2v) is 5.60. The minimum absolute atomic E-state index is 0.0339. The number of para-hydroxylation sites is 1. The van der Waals surface area contributed by atoms with Gasteiger partial charge in [0.25, 0.3) is 0 Å². The summed E-state index contributed by atoms with van der Waals surface area (Å²) in [5, 5.41) is 6.88. The van der Waals surface area contributed by atoms with Gasteiger partial charge in [-0.1, -0.05) is 24.3 Å². The van der Waals surface area contributed by atoms with E-state index >= 15 is 0 Å². The summed E-state index contributed by atoms with van der Waals surface area (Å²) in [7, 11) is 0. The Morgan fingerprint density at radius 1 is 1.04 bits per heavy atom. The van der Waals surface area contributed by atoms with Crippen LogP contribution >= 0.6 is 0 Å². The van der Waals surface area contributed by atoms with Crippen LogP contribution in [0.4, 0.5) is 11.5 Å². The molecule has 0 saturated heterocycles. The maximum atomic E-state index is 12.1. The van der Waals surface area contributed by atoms with Crippen molar-refractivity contribution in [2.24, 2.45) is 0 Å². The molecule has 1 aromatic heterocycles. The molecule has 0 atom stereocenters. The molecule has 0 saturated carbocycles.